The molecule has 1 aliphatic heterocycles. The van der Waals surface area contributed by atoms with E-state index in [4.69, 9.17) is 4.74 Å². The standard InChI is InChI=1S/C15H22N2O2/c1-11-4-5-13(12(2)10-11)17-8-9-19-14(15(17)18)6-7-16-3/h4-5,10,14,16H,6-9H2,1-3H3. The molecule has 1 aromatic carbocycles. The molecular formula is C15H22N2O2. The van der Waals surface area contributed by atoms with Gasteiger partial charge in [0.2, 0.25) is 0 Å². The topological polar surface area (TPSA) is 41.6 Å². The van der Waals surface area contributed by atoms with E-state index >= 15 is 0 Å². The van der Waals surface area contributed by atoms with Crippen molar-refractivity contribution in [3.63, 3.8) is 0 Å². The first-order valence-electron chi connectivity index (χ1n) is 6.78. The van der Waals surface area contributed by atoms with Crippen LogP contribution in [0.3, 0.4) is 0 Å². The molecule has 4 heteroatoms. The van der Waals surface area contributed by atoms with E-state index in [1.54, 1.807) is 0 Å². The Morgan fingerprint density at radius 3 is 2.89 bits per heavy atom. The second-order valence-corrected chi connectivity index (χ2v) is 5.03. The lowest BCUT2D eigenvalue weighted by Gasteiger charge is -2.33. The molecule has 1 aromatic rings. The monoisotopic (exact) mass is 262 g/mol. The zero-order valence-corrected chi connectivity index (χ0v) is 11.9. The Morgan fingerprint density at radius 2 is 2.21 bits per heavy atom. The average molecular weight is 262 g/mol. The fraction of sp³-hybridized carbons (Fsp3) is 0.533. The van der Waals surface area contributed by atoms with Crippen LogP contribution in [0, 0.1) is 13.8 Å². The van der Waals surface area contributed by atoms with Crippen molar-refractivity contribution in [3.8, 4) is 0 Å². The van der Waals surface area contributed by atoms with Gasteiger partial charge in [0.25, 0.3) is 5.91 Å². The van der Waals surface area contributed by atoms with E-state index in [0.29, 0.717) is 13.2 Å². The van der Waals surface area contributed by atoms with E-state index < -0.39 is 0 Å². The highest BCUT2D eigenvalue weighted by atomic mass is 16.5. The van der Waals surface area contributed by atoms with Gasteiger partial charge in [-0.2, -0.15) is 0 Å². The minimum Gasteiger partial charge on any atom is -0.366 e. The summed E-state index contributed by atoms with van der Waals surface area (Å²) >= 11 is 0. The lowest BCUT2D eigenvalue weighted by Crippen LogP contribution is -2.48. The summed E-state index contributed by atoms with van der Waals surface area (Å²) in [6.45, 7) is 6.14. The maximum atomic E-state index is 12.4. The Bertz CT molecular complexity index is 459. The summed E-state index contributed by atoms with van der Waals surface area (Å²) < 4.78 is 5.58. The molecule has 0 aromatic heterocycles. The summed E-state index contributed by atoms with van der Waals surface area (Å²) in [7, 11) is 1.88. The number of hydrogen-bond acceptors (Lipinski definition) is 3. The van der Waals surface area contributed by atoms with Crippen LogP contribution >= 0.6 is 0 Å². The molecule has 0 spiro atoms. The molecule has 1 fully saturated rings. The average Bonchev–Trinajstić information content (AvgIpc) is 2.38. The first-order valence-corrected chi connectivity index (χ1v) is 6.78. The summed E-state index contributed by atoms with van der Waals surface area (Å²) in [6.07, 6.45) is 0.401. The quantitative estimate of drug-likeness (QED) is 0.897. The van der Waals surface area contributed by atoms with E-state index in [0.717, 1.165) is 24.2 Å². The minimum atomic E-state index is -0.318. The van der Waals surface area contributed by atoms with Gasteiger partial charge in [0.05, 0.1) is 6.61 Å². The predicted molar refractivity (Wildman–Crippen MR) is 76.6 cm³/mol. The minimum absolute atomic E-state index is 0.0773. The normalized spacial score (nSPS) is 19.8. The van der Waals surface area contributed by atoms with Crippen LogP contribution in [-0.4, -0.2) is 38.8 Å². The Morgan fingerprint density at radius 1 is 1.42 bits per heavy atom. The first kappa shape index (κ1) is 14.0. The molecule has 19 heavy (non-hydrogen) atoms. The van der Waals surface area contributed by atoms with E-state index in [2.05, 4.69) is 18.3 Å². The lowest BCUT2D eigenvalue weighted by molar-refractivity contribution is -0.134. The molecule has 4 nitrogen and oxygen atoms in total. The number of morpholine rings is 1. The van der Waals surface area contributed by atoms with Crippen LogP contribution in [0.2, 0.25) is 0 Å². The number of rotatable bonds is 4. The lowest BCUT2D eigenvalue weighted by atomic mass is 10.1. The van der Waals surface area contributed by atoms with Crippen LogP contribution < -0.4 is 10.2 Å². The number of nitrogens with zero attached hydrogens (tertiary/aromatic N) is 1. The zero-order valence-electron chi connectivity index (χ0n) is 11.9. The zero-order chi connectivity index (χ0) is 13.8. The Balaban J connectivity index is 2.17. The molecule has 1 atom stereocenters. The van der Waals surface area contributed by atoms with Crippen LogP contribution in [-0.2, 0) is 9.53 Å². The number of carbonyl (C=O) groups is 1. The van der Waals surface area contributed by atoms with Crippen molar-refractivity contribution in [1.82, 2.24) is 5.32 Å². The summed E-state index contributed by atoms with van der Waals surface area (Å²) in [6, 6.07) is 6.19. The summed E-state index contributed by atoms with van der Waals surface area (Å²) in [5.41, 5.74) is 3.37. The Labute approximate surface area is 114 Å². The number of carbonyl (C=O) groups excluding carboxylic acids is 1. The molecule has 1 N–H and O–H groups in total. The molecule has 0 aliphatic carbocycles. The van der Waals surface area contributed by atoms with Gasteiger partial charge in [-0.3, -0.25) is 4.79 Å². The van der Waals surface area contributed by atoms with Crippen LogP contribution in [0.1, 0.15) is 17.5 Å². The number of ether oxygens (including phenoxy) is 1. The van der Waals surface area contributed by atoms with Crippen molar-refractivity contribution in [3.05, 3.63) is 29.3 Å². The van der Waals surface area contributed by atoms with E-state index in [-0.39, 0.29) is 12.0 Å². The van der Waals surface area contributed by atoms with Gasteiger partial charge in [0.15, 0.2) is 0 Å². The smallest absolute Gasteiger partial charge is 0.256 e. The molecule has 0 saturated carbocycles. The molecule has 1 unspecified atom stereocenters. The molecule has 1 saturated heterocycles. The van der Waals surface area contributed by atoms with Crippen molar-refractivity contribution >= 4 is 11.6 Å². The Hall–Kier alpha value is -1.39. The highest BCUT2D eigenvalue weighted by molar-refractivity contribution is 5.97. The number of benzene rings is 1. The second-order valence-electron chi connectivity index (χ2n) is 5.03. The number of amides is 1. The van der Waals surface area contributed by atoms with Crippen LogP contribution in [0.4, 0.5) is 5.69 Å². The number of anilines is 1. The third-order valence-electron chi connectivity index (χ3n) is 3.48. The molecule has 1 aliphatic rings. The van der Waals surface area contributed by atoms with Crippen LogP contribution in [0.5, 0.6) is 0 Å². The molecule has 2 rings (SSSR count). The summed E-state index contributed by atoms with van der Waals surface area (Å²) in [5.74, 6) is 0.0773. The third kappa shape index (κ3) is 3.14. The number of hydrogen-bond donors (Lipinski definition) is 1. The van der Waals surface area contributed by atoms with Crippen LogP contribution in [0.25, 0.3) is 0 Å². The van der Waals surface area contributed by atoms with Gasteiger partial charge >= 0.3 is 0 Å². The van der Waals surface area contributed by atoms with Gasteiger partial charge in [-0.25, -0.2) is 0 Å². The SMILES string of the molecule is CNCCC1OCCN(c2ccc(C)cc2C)C1=O. The first-order chi connectivity index (χ1) is 9.13. The van der Waals surface area contributed by atoms with E-state index in [1.807, 2.05) is 31.0 Å². The maximum Gasteiger partial charge on any atom is 0.256 e. The van der Waals surface area contributed by atoms with Crippen LogP contribution in [0.15, 0.2) is 18.2 Å². The molecule has 0 bridgehead atoms. The molecular weight excluding hydrogens is 240 g/mol. The van der Waals surface area contributed by atoms with Crippen molar-refractivity contribution in [2.45, 2.75) is 26.4 Å². The van der Waals surface area contributed by atoms with Gasteiger partial charge < -0.3 is 15.0 Å². The van der Waals surface area contributed by atoms with Crippen molar-refractivity contribution in [2.24, 2.45) is 0 Å². The Kier molecular flexibility index (Phi) is 4.56. The van der Waals surface area contributed by atoms with Gasteiger partial charge in [0.1, 0.15) is 6.10 Å². The largest absolute Gasteiger partial charge is 0.366 e. The van der Waals surface area contributed by atoms with E-state index in [9.17, 15) is 4.79 Å². The van der Waals surface area contributed by atoms with Gasteiger partial charge in [0, 0.05) is 12.2 Å². The highest BCUT2D eigenvalue weighted by Crippen LogP contribution is 2.24. The summed E-state index contributed by atoms with van der Waals surface area (Å²) in [5, 5.41) is 3.06. The van der Waals surface area contributed by atoms with Crippen molar-refractivity contribution < 1.29 is 9.53 Å². The maximum absolute atomic E-state index is 12.4. The van der Waals surface area contributed by atoms with Gasteiger partial charge in [-0.05, 0) is 45.5 Å². The molecule has 1 amide bonds. The fourth-order valence-corrected chi connectivity index (χ4v) is 2.47. The molecule has 104 valence electrons. The number of nitrogens with one attached hydrogen (secondary N) is 1. The second kappa shape index (κ2) is 6.17. The third-order valence-corrected chi connectivity index (χ3v) is 3.48. The van der Waals surface area contributed by atoms with Gasteiger partial charge in [-0.15, -0.1) is 0 Å². The van der Waals surface area contributed by atoms with Crippen molar-refractivity contribution in [2.75, 3.05) is 31.6 Å². The highest BCUT2D eigenvalue weighted by Gasteiger charge is 2.30. The fourth-order valence-electron chi connectivity index (χ4n) is 2.47. The predicted octanol–water partition coefficient (Wildman–Crippen LogP) is 1.64. The van der Waals surface area contributed by atoms with Crippen molar-refractivity contribution in [1.29, 1.82) is 0 Å². The number of aryl methyl sites for hydroxylation is 2. The molecule has 1 heterocycles. The van der Waals surface area contributed by atoms with Gasteiger partial charge in [-0.1, -0.05) is 17.7 Å². The summed E-state index contributed by atoms with van der Waals surface area (Å²) in [4.78, 5) is 14.3. The van der Waals surface area contributed by atoms with E-state index in [1.165, 1.54) is 5.56 Å². The molecule has 0 radical (unpaired) electrons.